The highest BCUT2D eigenvalue weighted by molar-refractivity contribution is 7.89. The zero-order chi connectivity index (χ0) is 25.1. The van der Waals surface area contributed by atoms with Crippen LogP contribution in [0.2, 0.25) is 0 Å². The van der Waals surface area contributed by atoms with Crippen LogP contribution in [0.1, 0.15) is 53.2 Å². The van der Waals surface area contributed by atoms with Gasteiger partial charge in [0.25, 0.3) is 11.8 Å². The molecular formula is C28H29N3O4S. The first kappa shape index (κ1) is 24.2. The first-order valence-corrected chi connectivity index (χ1v) is 13.7. The summed E-state index contributed by atoms with van der Waals surface area (Å²) in [5.74, 6) is -0.543. The molecule has 1 atom stereocenters. The Morgan fingerprint density at radius 3 is 2.11 bits per heavy atom. The van der Waals surface area contributed by atoms with Crippen LogP contribution in [0, 0.1) is 0 Å². The van der Waals surface area contributed by atoms with Crippen molar-refractivity contribution < 1.29 is 18.0 Å². The number of rotatable bonds is 6. The lowest BCUT2D eigenvalue weighted by atomic mass is 10.0. The number of benzene rings is 3. The smallest absolute Gasteiger partial charge is 0.255 e. The number of nitrogens with one attached hydrogen (secondary N) is 1. The molecule has 0 aromatic heterocycles. The van der Waals surface area contributed by atoms with Crippen LogP contribution in [0.3, 0.4) is 0 Å². The second-order valence-corrected chi connectivity index (χ2v) is 11.2. The summed E-state index contributed by atoms with van der Waals surface area (Å²) in [6.07, 6.45) is 3.83. The molecule has 1 saturated heterocycles. The summed E-state index contributed by atoms with van der Waals surface area (Å²) in [7, 11) is -3.57. The number of sulfonamides is 1. The predicted molar refractivity (Wildman–Crippen MR) is 138 cm³/mol. The van der Waals surface area contributed by atoms with Crippen LogP contribution < -0.4 is 5.32 Å². The summed E-state index contributed by atoms with van der Waals surface area (Å²) < 4.78 is 27.7. The molecule has 2 amide bonds. The Morgan fingerprint density at radius 2 is 1.44 bits per heavy atom. The van der Waals surface area contributed by atoms with E-state index in [1.54, 1.807) is 27.4 Å². The maximum Gasteiger partial charge on any atom is 0.255 e. The number of nitrogens with zero attached hydrogens (tertiary/aromatic N) is 2. The molecule has 0 saturated carbocycles. The Bertz CT molecular complexity index is 1350. The van der Waals surface area contributed by atoms with Crippen molar-refractivity contribution in [2.45, 2.75) is 43.2 Å². The van der Waals surface area contributed by atoms with Crippen molar-refractivity contribution in [2.75, 3.05) is 18.4 Å². The summed E-state index contributed by atoms with van der Waals surface area (Å²) in [5, 5.41) is 2.89. The summed E-state index contributed by atoms with van der Waals surface area (Å²) >= 11 is 0. The van der Waals surface area contributed by atoms with Gasteiger partial charge in [-0.2, -0.15) is 4.31 Å². The molecule has 1 N–H and O–H groups in total. The number of carbonyl (C=O) groups excluding carboxylic acids is 2. The fraction of sp³-hybridized carbons (Fsp3) is 0.286. The molecule has 8 heteroatoms. The lowest BCUT2D eigenvalue weighted by molar-refractivity contribution is -0.120. The highest BCUT2D eigenvalue weighted by Gasteiger charge is 2.37. The zero-order valence-electron chi connectivity index (χ0n) is 20.0. The summed E-state index contributed by atoms with van der Waals surface area (Å²) in [5.41, 5.74) is 2.67. The molecule has 7 nitrogen and oxygen atoms in total. The molecule has 0 unspecified atom stereocenters. The topological polar surface area (TPSA) is 86.8 Å². The first-order chi connectivity index (χ1) is 17.4. The standard InChI is InChI=1S/C28H29N3O4S/c32-27(29-23-14-16-24(17-15-23)36(34,35)30-18-8-1-2-9-19-30)26(21-10-4-3-5-11-21)31-20-22-12-6-7-13-25(22)28(31)33/h3-7,10-17,26H,1-2,8-9,18-20H2,(H,29,32)/t26-/m0/s1. The maximum absolute atomic E-state index is 13.5. The number of hydrogen-bond donors (Lipinski definition) is 1. The Labute approximate surface area is 211 Å². The van der Waals surface area contributed by atoms with Gasteiger partial charge in [-0.3, -0.25) is 9.59 Å². The van der Waals surface area contributed by atoms with Crippen LogP contribution in [0.25, 0.3) is 0 Å². The molecule has 3 aromatic rings. The van der Waals surface area contributed by atoms with E-state index in [1.165, 1.54) is 12.1 Å². The highest BCUT2D eigenvalue weighted by Crippen LogP contribution is 2.32. The van der Waals surface area contributed by atoms with E-state index in [2.05, 4.69) is 5.32 Å². The number of carbonyl (C=O) groups is 2. The van der Waals surface area contributed by atoms with Crippen LogP contribution in [-0.2, 0) is 21.4 Å². The number of hydrogen-bond acceptors (Lipinski definition) is 4. The molecule has 0 spiro atoms. The van der Waals surface area contributed by atoms with Gasteiger partial charge in [-0.25, -0.2) is 8.42 Å². The molecular weight excluding hydrogens is 474 g/mol. The van der Waals surface area contributed by atoms with Crippen molar-refractivity contribution in [3.8, 4) is 0 Å². The van der Waals surface area contributed by atoms with E-state index in [1.807, 2.05) is 48.5 Å². The van der Waals surface area contributed by atoms with E-state index >= 15 is 0 Å². The summed E-state index contributed by atoms with van der Waals surface area (Å²) in [4.78, 5) is 28.5. The molecule has 0 bridgehead atoms. The summed E-state index contributed by atoms with van der Waals surface area (Å²) in [6, 6.07) is 22.0. The van der Waals surface area contributed by atoms with Gasteiger partial charge in [0.1, 0.15) is 6.04 Å². The average Bonchev–Trinajstić information content (AvgIpc) is 3.05. The lowest BCUT2D eigenvalue weighted by Crippen LogP contribution is -2.37. The molecule has 5 rings (SSSR count). The normalized spacial score (nSPS) is 17.3. The minimum atomic E-state index is -3.57. The van der Waals surface area contributed by atoms with Crippen molar-refractivity contribution in [2.24, 2.45) is 0 Å². The fourth-order valence-electron chi connectivity index (χ4n) is 4.95. The van der Waals surface area contributed by atoms with E-state index in [-0.39, 0.29) is 16.7 Å². The van der Waals surface area contributed by atoms with E-state index in [0.717, 1.165) is 31.2 Å². The molecule has 3 aromatic carbocycles. The Hall–Kier alpha value is -3.49. The molecule has 2 aliphatic rings. The molecule has 36 heavy (non-hydrogen) atoms. The van der Waals surface area contributed by atoms with Crippen molar-refractivity contribution in [1.82, 2.24) is 9.21 Å². The largest absolute Gasteiger partial charge is 0.324 e. The van der Waals surface area contributed by atoms with Gasteiger partial charge in [-0.15, -0.1) is 0 Å². The summed E-state index contributed by atoms with van der Waals surface area (Å²) in [6.45, 7) is 1.41. The van der Waals surface area contributed by atoms with Gasteiger partial charge in [-0.05, 0) is 54.3 Å². The van der Waals surface area contributed by atoms with Crippen LogP contribution >= 0.6 is 0 Å². The predicted octanol–water partition coefficient (Wildman–Crippen LogP) is 4.59. The SMILES string of the molecule is O=C(Nc1ccc(S(=O)(=O)N2CCCCCC2)cc1)[C@H](c1ccccc1)N1Cc2ccccc2C1=O. The quantitative estimate of drug-likeness (QED) is 0.533. The van der Waals surface area contributed by atoms with E-state index in [0.29, 0.717) is 36.4 Å². The van der Waals surface area contributed by atoms with Crippen molar-refractivity contribution in [3.63, 3.8) is 0 Å². The monoisotopic (exact) mass is 503 g/mol. The Balaban J connectivity index is 1.37. The van der Waals surface area contributed by atoms with Crippen LogP contribution in [-0.4, -0.2) is 42.5 Å². The van der Waals surface area contributed by atoms with Gasteiger partial charge in [0.2, 0.25) is 10.0 Å². The number of fused-ring (bicyclic) bond motifs is 1. The van der Waals surface area contributed by atoms with Crippen molar-refractivity contribution in [3.05, 3.63) is 95.6 Å². The van der Waals surface area contributed by atoms with Gasteiger partial charge in [0.15, 0.2) is 0 Å². The second-order valence-electron chi connectivity index (χ2n) is 9.24. The van der Waals surface area contributed by atoms with Gasteiger partial charge in [-0.1, -0.05) is 61.4 Å². The number of amides is 2. The van der Waals surface area contributed by atoms with Crippen molar-refractivity contribution in [1.29, 1.82) is 0 Å². The van der Waals surface area contributed by atoms with Gasteiger partial charge >= 0.3 is 0 Å². The molecule has 1 fully saturated rings. The van der Waals surface area contributed by atoms with Crippen LogP contribution in [0.15, 0.2) is 83.8 Å². The van der Waals surface area contributed by atoms with E-state index < -0.39 is 16.1 Å². The molecule has 186 valence electrons. The third kappa shape index (κ3) is 4.79. The maximum atomic E-state index is 13.5. The number of anilines is 1. The minimum Gasteiger partial charge on any atom is -0.324 e. The van der Waals surface area contributed by atoms with Gasteiger partial charge in [0.05, 0.1) is 4.90 Å². The lowest BCUT2D eigenvalue weighted by Gasteiger charge is -2.27. The molecule has 2 aliphatic heterocycles. The first-order valence-electron chi connectivity index (χ1n) is 12.3. The van der Waals surface area contributed by atoms with Crippen LogP contribution in [0.5, 0.6) is 0 Å². The molecule has 2 heterocycles. The zero-order valence-corrected chi connectivity index (χ0v) is 20.8. The second kappa shape index (κ2) is 10.2. The molecule has 0 radical (unpaired) electrons. The van der Waals surface area contributed by atoms with Crippen molar-refractivity contribution >= 4 is 27.5 Å². The van der Waals surface area contributed by atoms with Gasteiger partial charge in [0, 0.05) is 30.9 Å². The third-order valence-corrected chi connectivity index (χ3v) is 8.76. The van der Waals surface area contributed by atoms with E-state index in [4.69, 9.17) is 0 Å². The third-order valence-electron chi connectivity index (χ3n) is 6.85. The van der Waals surface area contributed by atoms with E-state index in [9.17, 15) is 18.0 Å². The molecule has 0 aliphatic carbocycles. The highest BCUT2D eigenvalue weighted by atomic mass is 32.2. The Morgan fingerprint density at radius 1 is 0.806 bits per heavy atom. The average molecular weight is 504 g/mol. The minimum absolute atomic E-state index is 0.187. The van der Waals surface area contributed by atoms with Crippen LogP contribution in [0.4, 0.5) is 5.69 Å². The fourth-order valence-corrected chi connectivity index (χ4v) is 6.46. The Kier molecular flexibility index (Phi) is 6.89. The van der Waals surface area contributed by atoms with Gasteiger partial charge < -0.3 is 10.2 Å².